The molecule has 1 aliphatic rings. The number of nitrogens with zero attached hydrogens (tertiary/aromatic N) is 1. The number of furan rings is 2. The van der Waals surface area contributed by atoms with Crippen LogP contribution in [-0.4, -0.2) is 0 Å². The number of hydrogen-bond donors (Lipinski definition) is 0. The fourth-order valence-electron chi connectivity index (χ4n) is 10.4. The van der Waals surface area contributed by atoms with Gasteiger partial charge in [0.05, 0.1) is 0 Å². The summed E-state index contributed by atoms with van der Waals surface area (Å²) in [5.74, 6) is 0. The van der Waals surface area contributed by atoms with Crippen molar-refractivity contribution < 1.29 is 8.83 Å². The normalized spacial score (nSPS) is 13.0. The summed E-state index contributed by atoms with van der Waals surface area (Å²) >= 11 is 0. The van der Waals surface area contributed by atoms with Gasteiger partial charge in [-0.05, 0) is 128 Å². The first kappa shape index (κ1) is 36.5. The Morgan fingerprint density at radius 2 is 0.828 bits per heavy atom. The van der Waals surface area contributed by atoms with E-state index < -0.39 is 0 Å². The highest BCUT2D eigenvalue weighted by Crippen LogP contribution is 2.52. The maximum Gasteiger partial charge on any atom is 0.143 e. The molecule has 12 aromatic rings. The van der Waals surface area contributed by atoms with Gasteiger partial charge in [0.25, 0.3) is 0 Å². The van der Waals surface area contributed by atoms with Gasteiger partial charge in [-0.25, -0.2) is 0 Å². The quantitative estimate of drug-likeness (QED) is 0.167. The van der Waals surface area contributed by atoms with Crippen LogP contribution in [-0.2, 0) is 5.41 Å². The third kappa shape index (κ3) is 5.60. The van der Waals surface area contributed by atoms with Crippen molar-refractivity contribution in [1.82, 2.24) is 0 Å². The molecule has 0 unspecified atom stereocenters. The van der Waals surface area contributed by atoms with Gasteiger partial charge in [-0.3, -0.25) is 0 Å². The van der Waals surface area contributed by atoms with Crippen LogP contribution in [0.4, 0.5) is 17.1 Å². The van der Waals surface area contributed by atoms with Gasteiger partial charge in [0.2, 0.25) is 0 Å². The number of para-hydroxylation sites is 3. The molecule has 302 valence electrons. The highest BCUT2D eigenvalue weighted by Gasteiger charge is 2.36. The Morgan fingerprint density at radius 3 is 1.59 bits per heavy atom. The molecular weight excluding hydrogens is 779 g/mol. The smallest absolute Gasteiger partial charge is 0.143 e. The molecule has 2 heterocycles. The van der Waals surface area contributed by atoms with Crippen LogP contribution in [0.5, 0.6) is 0 Å². The van der Waals surface area contributed by atoms with Gasteiger partial charge < -0.3 is 13.7 Å². The number of anilines is 3. The Hall–Kier alpha value is -8.14. The van der Waals surface area contributed by atoms with Crippen LogP contribution in [0.2, 0.25) is 0 Å². The molecule has 0 N–H and O–H groups in total. The summed E-state index contributed by atoms with van der Waals surface area (Å²) in [5, 5.41) is 7.05. The molecule has 10 aromatic carbocycles. The zero-order chi connectivity index (χ0) is 42.5. The predicted molar refractivity (Wildman–Crippen MR) is 267 cm³/mol. The molecule has 3 nitrogen and oxygen atoms in total. The van der Waals surface area contributed by atoms with Gasteiger partial charge in [0, 0.05) is 49.6 Å². The Labute approximate surface area is 371 Å². The second-order valence-electron chi connectivity index (χ2n) is 17.7. The Bertz CT molecular complexity index is 3810. The van der Waals surface area contributed by atoms with Crippen LogP contribution in [0.1, 0.15) is 25.0 Å². The third-order valence-corrected chi connectivity index (χ3v) is 13.7. The second-order valence-corrected chi connectivity index (χ2v) is 17.7. The van der Waals surface area contributed by atoms with E-state index in [0.29, 0.717) is 0 Å². The lowest BCUT2D eigenvalue weighted by Gasteiger charge is -2.28. The maximum absolute atomic E-state index is 6.46. The summed E-state index contributed by atoms with van der Waals surface area (Å²) in [5.41, 5.74) is 18.9. The first-order valence-electron chi connectivity index (χ1n) is 22.1. The molecule has 0 saturated carbocycles. The summed E-state index contributed by atoms with van der Waals surface area (Å²) < 4.78 is 12.6. The molecule has 0 aliphatic heterocycles. The minimum absolute atomic E-state index is 0.234. The van der Waals surface area contributed by atoms with Crippen molar-refractivity contribution in [2.45, 2.75) is 19.3 Å². The monoisotopic (exact) mass is 819 g/mol. The number of benzene rings is 10. The van der Waals surface area contributed by atoms with Gasteiger partial charge in [-0.1, -0.05) is 159 Å². The topological polar surface area (TPSA) is 29.5 Å². The minimum Gasteiger partial charge on any atom is -0.456 e. The fraction of sp³-hybridized carbons (Fsp3) is 0.0492. The average molecular weight is 820 g/mol. The Kier molecular flexibility index (Phi) is 7.95. The summed E-state index contributed by atoms with van der Waals surface area (Å²) in [6.07, 6.45) is 0. The van der Waals surface area contributed by atoms with Crippen molar-refractivity contribution in [1.29, 1.82) is 0 Å². The van der Waals surface area contributed by atoms with Crippen LogP contribution in [0.15, 0.2) is 221 Å². The van der Waals surface area contributed by atoms with Crippen molar-refractivity contribution in [3.63, 3.8) is 0 Å². The van der Waals surface area contributed by atoms with Crippen LogP contribution in [0, 0.1) is 0 Å². The van der Waals surface area contributed by atoms with Gasteiger partial charge in [0.1, 0.15) is 22.3 Å². The second kappa shape index (κ2) is 13.9. The minimum atomic E-state index is -0.234. The molecule has 0 fully saturated rings. The van der Waals surface area contributed by atoms with E-state index in [-0.39, 0.29) is 5.41 Å². The molecule has 1 aliphatic carbocycles. The molecule has 0 bridgehead atoms. The van der Waals surface area contributed by atoms with Crippen LogP contribution in [0.3, 0.4) is 0 Å². The zero-order valence-corrected chi connectivity index (χ0v) is 35.5. The van der Waals surface area contributed by atoms with E-state index in [1.807, 2.05) is 24.3 Å². The van der Waals surface area contributed by atoms with Crippen LogP contribution >= 0.6 is 0 Å². The van der Waals surface area contributed by atoms with Crippen molar-refractivity contribution in [3.05, 3.63) is 223 Å². The molecule has 0 amide bonds. The van der Waals surface area contributed by atoms with Gasteiger partial charge in [-0.15, -0.1) is 0 Å². The molecular formula is C61H41NO2. The summed E-state index contributed by atoms with van der Waals surface area (Å²) in [6.45, 7) is 4.74. The number of hydrogen-bond acceptors (Lipinski definition) is 3. The first-order valence-corrected chi connectivity index (χ1v) is 22.1. The van der Waals surface area contributed by atoms with E-state index in [1.54, 1.807) is 0 Å². The predicted octanol–water partition coefficient (Wildman–Crippen LogP) is 17.4. The van der Waals surface area contributed by atoms with Gasteiger partial charge in [-0.2, -0.15) is 0 Å². The highest BCUT2D eigenvalue weighted by molar-refractivity contribution is 6.10. The highest BCUT2D eigenvalue weighted by atomic mass is 16.3. The van der Waals surface area contributed by atoms with Gasteiger partial charge >= 0.3 is 0 Å². The molecule has 64 heavy (non-hydrogen) atoms. The van der Waals surface area contributed by atoms with Gasteiger partial charge in [0.15, 0.2) is 0 Å². The van der Waals surface area contributed by atoms with Crippen molar-refractivity contribution in [2.24, 2.45) is 0 Å². The van der Waals surface area contributed by atoms with Crippen molar-refractivity contribution in [2.75, 3.05) is 4.90 Å². The van der Waals surface area contributed by atoms with E-state index in [4.69, 9.17) is 8.83 Å². The molecule has 2 aromatic heterocycles. The number of rotatable bonds is 6. The molecule has 0 radical (unpaired) electrons. The Balaban J connectivity index is 0.908. The van der Waals surface area contributed by atoms with E-state index in [9.17, 15) is 0 Å². The molecule has 0 saturated heterocycles. The van der Waals surface area contributed by atoms with Crippen LogP contribution < -0.4 is 4.90 Å². The summed E-state index contributed by atoms with van der Waals surface area (Å²) in [6, 6.07) is 76.8. The van der Waals surface area contributed by atoms with Crippen molar-refractivity contribution >= 4 is 71.7 Å². The molecule has 0 atom stereocenters. The lowest BCUT2D eigenvalue weighted by molar-refractivity contribution is 0.660. The van der Waals surface area contributed by atoms with E-state index in [2.05, 4.69) is 207 Å². The van der Waals surface area contributed by atoms with Crippen LogP contribution in [0.25, 0.3) is 99.2 Å². The van der Waals surface area contributed by atoms with Crippen molar-refractivity contribution in [3.8, 4) is 44.5 Å². The first-order chi connectivity index (χ1) is 31.5. The maximum atomic E-state index is 6.46. The fourth-order valence-corrected chi connectivity index (χ4v) is 10.4. The third-order valence-electron chi connectivity index (χ3n) is 13.7. The molecule has 3 heteroatoms. The average Bonchev–Trinajstić information content (AvgIpc) is 3.99. The summed E-state index contributed by atoms with van der Waals surface area (Å²) in [7, 11) is 0. The van der Waals surface area contributed by atoms with E-state index >= 15 is 0 Å². The zero-order valence-electron chi connectivity index (χ0n) is 35.5. The standard InChI is InChI=1S/C61H41NO2/c1-61(2)55-36-42(41-26-34-59-54(35-41)52-15-6-7-19-57(52)63-59)25-32-49(55)50-33-31-45(37-56(50)61)62(43-27-21-39(22-28-43)47-16-9-12-38-11-3-4-13-46(38)47)44-29-23-40(24-30-44)48-17-10-18-53-51-14-5-8-20-58(51)64-60(48)53/h3-37H,1-2H3. The lowest BCUT2D eigenvalue weighted by atomic mass is 9.81. The SMILES string of the molecule is CC1(C)c2cc(-c3ccc4oc5ccccc5c4c3)ccc2-c2ccc(N(c3ccc(-c4cccc5ccccc45)cc3)c3ccc(-c4cccc5c4oc4ccccc45)cc3)cc21. The molecule has 13 rings (SSSR count). The lowest BCUT2D eigenvalue weighted by Crippen LogP contribution is -2.16. The number of fused-ring (bicyclic) bond motifs is 10. The molecule has 0 spiro atoms. The largest absolute Gasteiger partial charge is 0.456 e. The Morgan fingerprint density at radius 1 is 0.328 bits per heavy atom. The van der Waals surface area contributed by atoms with E-state index in [0.717, 1.165) is 72.1 Å². The van der Waals surface area contributed by atoms with E-state index in [1.165, 1.54) is 55.3 Å². The summed E-state index contributed by atoms with van der Waals surface area (Å²) in [4.78, 5) is 2.40.